The molecule has 2 nitrogen and oxygen atoms in total. The van der Waals surface area contributed by atoms with Crippen molar-refractivity contribution in [2.24, 2.45) is 5.73 Å². The third kappa shape index (κ3) is 6.06. The highest BCUT2D eigenvalue weighted by atomic mass is 16.5. The molecule has 0 amide bonds. The summed E-state index contributed by atoms with van der Waals surface area (Å²) < 4.78 is 5.91. The zero-order chi connectivity index (χ0) is 15.0. The standard InChI is InChI=1S/C18H31NO/c1-5-6-7-8-9-16(4)20-13-18(19)17-12-14(2)10-11-15(17)3/h10-12,16,18H,5-9,13,19H2,1-4H3. The van der Waals surface area contributed by atoms with E-state index in [1.165, 1.54) is 42.4 Å². The molecule has 0 aromatic heterocycles. The Labute approximate surface area is 124 Å². The smallest absolute Gasteiger partial charge is 0.0663 e. The molecule has 114 valence electrons. The van der Waals surface area contributed by atoms with E-state index in [-0.39, 0.29) is 6.04 Å². The molecule has 0 fully saturated rings. The fourth-order valence-electron chi connectivity index (χ4n) is 2.46. The summed E-state index contributed by atoms with van der Waals surface area (Å²) in [5.41, 5.74) is 9.99. The van der Waals surface area contributed by atoms with Gasteiger partial charge in [-0.3, -0.25) is 0 Å². The Morgan fingerprint density at radius 1 is 1.15 bits per heavy atom. The zero-order valence-electron chi connectivity index (χ0n) is 13.6. The summed E-state index contributed by atoms with van der Waals surface area (Å²) >= 11 is 0. The summed E-state index contributed by atoms with van der Waals surface area (Å²) in [6.45, 7) is 9.22. The van der Waals surface area contributed by atoms with Gasteiger partial charge in [0.05, 0.1) is 18.8 Å². The van der Waals surface area contributed by atoms with Crippen molar-refractivity contribution in [1.82, 2.24) is 0 Å². The van der Waals surface area contributed by atoms with Crippen LogP contribution >= 0.6 is 0 Å². The number of hydrogen-bond donors (Lipinski definition) is 1. The number of ether oxygens (including phenoxy) is 1. The first-order valence-corrected chi connectivity index (χ1v) is 7.99. The van der Waals surface area contributed by atoms with Gasteiger partial charge in [-0.15, -0.1) is 0 Å². The Kier molecular flexibility index (Phi) is 7.86. The Morgan fingerprint density at radius 2 is 1.90 bits per heavy atom. The van der Waals surface area contributed by atoms with Crippen LogP contribution in [0, 0.1) is 13.8 Å². The molecule has 2 unspecified atom stereocenters. The van der Waals surface area contributed by atoms with Crippen LogP contribution < -0.4 is 5.73 Å². The second-order valence-electron chi connectivity index (χ2n) is 5.96. The van der Waals surface area contributed by atoms with Gasteiger partial charge >= 0.3 is 0 Å². The highest BCUT2D eigenvalue weighted by Crippen LogP contribution is 2.19. The summed E-state index contributed by atoms with van der Waals surface area (Å²) in [5, 5.41) is 0. The van der Waals surface area contributed by atoms with Crippen LogP contribution in [0.4, 0.5) is 0 Å². The minimum atomic E-state index is -0.0204. The Bertz CT molecular complexity index is 389. The van der Waals surface area contributed by atoms with Crippen molar-refractivity contribution in [2.45, 2.75) is 71.9 Å². The van der Waals surface area contributed by atoms with Gasteiger partial charge in [0.15, 0.2) is 0 Å². The van der Waals surface area contributed by atoms with Crippen LogP contribution in [-0.2, 0) is 4.74 Å². The molecular weight excluding hydrogens is 246 g/mol. The molecule has 1 aromatic rings. The van der Waals surface area contributed by atoms with E-state index < -0.39 is 0 Å². The number of benzene rings is 1. The fraction of sp³-hybridized carbons (Fsp3) is 0.667. The van der Waals surface area contributed by atoms with Crippen LogP contribution in [0.15, 0.2) is 18.2 Å². The van der Waals surface area contributed by atoms with Crippen LogP contribution in [0.3, 0.4) is 0 Å². The van der Waals surface area contributed by atoms with Crippen LogP contribution in [0.25, 0.3) is 0 Å². The number of nitrogens with two attached hydrogens (primary N) is 1. The van der Waals surface area contributed by atoms with Gasteiger partial charge in [0.25, 0.3) is 0 Å². The molecule has 0 saturated carbocycles. The third-order valence-electron chi connectivity index (χ3n) is 3.86. The van der Waals surface area contributed by atoms with Crippen molar-refractivity contribution in [3.05, 3.63) is 34.9 Å². The highest BCUT2D eigenvalue weighted by Gasteiger charge is 2.11. The summed E-state index contributed by atoms with van der Waals surface area (Å²) in [5.74, 6) is 0. The SMILES string of the molecule is CCCCCCC(C)OCC(N)c1cc(C)ccc1C. The van der Waals surface area contributed by atoms with E-state index in [1.807, 2.05) is 0 Å². The van der Waals surface area contributed by atoms with E-state index in [0.717, 1.165) is 6.42 Å². The molecule has 20 heavy (non-hydrogen) atoms. The summed E-state index contributed by atoms with van der Waals surface area (Å²) in [6, 6.07) is 6.42. The lowest BCUT2D eigenvalue weighted by atomic mass is 10.00. The molecule has 0 aliphatic carbocycles. The normalized spacial score (nSPS) is 14.2. The number of rotatable bonds is 9. The van der Waals surface area contributed by atoms with Crippen LogP contribution in [0.5, 0.6) is 0 Å². The average molecular weight is 277 g/mol. The lowest BCUT2D eigenvalue weighted by Crippen LogP contribution is -2.21. The number of aryl methyl sites for hydroxylation is 2. The second-order valence-corrected chi connectivity index (χ2v) is 5.96. The van der Waals surface area contributed by atoms with Gasteiger partial charge in [-0.25, -0.2) is 0 Å². The quantitative estimate of drug-likeness (QED) is 0.665. The molecule has 1 rings (SSSR count). The molecule has 1 aromatic carbocycles. The van der Waals surface area contributed by atoms with Crippen molar-refractivity contribution in [1.29, 1.82) is 0 Å². The lowest BCUT2D eigenvalue weighted by molar-refractivity contribution is 0.0490. The maximum Gasteiger partial charge on any atom is 0.0663 e. The molecule has 2 atom stereocenters. The van der Waals surface area contributed by atoms with Crippen molar-refractivity contribution in [3.8, 4) is 0 Å². The van der Waals surface area contributed by atoms with Crippen LogP contribution in [0.1, 0.15) is 68.7 Å². The molecule has 2 N–H and O–H groups in total. The summed E-state index contributed by atoms with van der Waals surface area (Å²) in [4.78, 5) is 0. The van der Waals surface area contributed by atoms with Gasteiger partial charge in [-0.05, 0) is 38.3 Å². The zero-order valence-corrected chi connectivity index (χ0v) is 13.6. The molecule has 0 spiro atoms. The molecular formula is C18H31NO. The summed E-state index contributed by atoms with van der Waals surface area (Å²) in [7, 11) is 0. The van der Waals surface area contributed by atoms with Crippen molar-refractivity contribution in [2.75, 3.05) is 6.61 Å². The van der Waals surface area contributed by atoms with E-state index in [0.29, 0.717) is 12.7 Å². The Morgan fingerprint density at radius 3 is 2.60 bits per heavy atom. The van der Waals surface area contributed by atoms with Gasteiger partial charge < -0.3 is 10.5 Å². The van der Waals surface area contributed by atoms with E-state index in [4.69, 9.17) is 10.5 Å². The monoisotopic (exact) mass is 277 g/mol. The first-order valence-electron chi connectivity index (χ1n) is 7.99. The van der Waals surface area contributed by atoms with Gasteiger partial charge in [0.1, 0.15) is 0 Å². The van der Waals surface area contributed by atoms with Crippen LogP contribution in [0.2, 0.25) is 0 Å². The van der Waals surface area contributed by atoms with Crippen molar-refractivity contribution < 1.29 is 4.74 Å². The van der Waals surface area contributed by atoms with Gasteiger partial charge in [0, 0.05) is 0 Å². The molecule has 0 aliphatic rings. The molecule has 0 bridgehead atoms. The fourth-order valence-corrected chi connectivity index (χ4v) is 2.46. The van der Waals surface area contributed by atoms with Gasteiger partial charge in [-0.2, -0.15) is 0 Å². The molecule has 2 heteroatoms. The first-order chi connectivity index (χ1) is 9.54. The van der Waals surface area contributed by atoms with Crippen LogP contribution in [-0.4, -0.2) is 12.7 Å². The maximum atomic E-state index is 6.26. The third-order valence-corrected chi connectivity index (χ3v) is 3.86. The maximum absolute atomic E-state index is 6.26. The van der Waals surface area contributed by atoms with Crippen molar-refractivity contribution in [3.63, 3.8) is 0 Å². The minimum Gasteiger partial charge on any atom is -0.377 e. The topological polar surface area (TPSA) is 35.2 Å². The van der Waals surface area contributed by atoms with Gasteiger partial charge in [-0.1, -0.05) is 56.4 Å². The largest absolute Gasteiger partial charge is 0.377 e. The van der Waals surface area contributed by atoms with E-state index in [9.17, 15) is 0 Å². The average Bonchev–Trinajstić information content (AvgIpc) is 2.43. The number of unbranched alkanes of at least 4 members (excludes halogenated alkanes) is 3. The predicted molar refractivity (Wildman–Crippen MR) is 87.0 cm³/mol. The Balaban J connectivity index is 2.35. The minimum absolute atomic E-state index is 0.0204. The van der Waals surface area contributed by atoms with E-state index in [1.54, 1.807) is 0 Å². The Hall–Kier alpha value is -0.860. The lowest BCUT2D eigenvalue weighted by Gasteiger charge is -2.19. The molecule has 0 aliphatic heterocycles. The second kappa shape index (κ2) is 9.15. The molecule has 0 heterocycles. The van der Waals surface area contributed by atoms with Crippen molar-refractivity contribution >= 4 is 0 Å². The summed E-state index contributed by atoms with van der Waals surface area (Å²) in [6.07, 6.45) is 6.63. The first kappa shape index (κ1) is 17.2. The molecule has 0 radical (unpaired) electrons. The van der Waals surface area contributed by atoms with Gasteiger partial charge in [0.2, 0.25) is 0 Å². The van der Waals surface area contributed by atoms with E-state index in [2.05, 4.69) is 45.9 Å². The molecule has 0 saturated heterocycles. The predicted octanol–water partition coefficient (Wildman–Crippen LogP) is 4.68. The van der Waals surface area contributed by atoms with E-state index >= 15 is 0 Å². The highest BCUT2D eigenvalue weighted by molar-refractivity contribution is 5.32. The number of hydrogen-bond acceptors (Lipinski definition) is 2.